The molecule has 0 saturated heterocycles. The van der Waals surface area contributed by atoms with E-state index >= 15 is 0 Å². The highest BCUT2D eigenvalue weighted by atomic mass is 16.5. The molecular weight excluding hydrogens is 304 g/mol. The second-order valence-corrected chi connectivity index (χ2v) is 6.45. The Morgan fingerprint density at radius 2 is 1.20 bits per heavy atom. The fourth-order valence-corrected chi connectivity index (χ4v) is 3.02. The third kappa shape index (κ3) is 5.22. The van der Waals surface area contributed by atoms with Gasteiger partial charge >= 0.3 is 0 Å². The maximum absolute atomic E-state index is 6.04. The Kier molecular flexibility index (Phi) is 6.28. The Balaban J connectivity index is 1.54. The van der Waals surface area contributed by atoms with Crippen molar-refractivity contribution in [3.8, 4) is 5.75 Å². The van der Waals surface area contributed by atoms with Crippen LogP contribution in [0.15, 0.2) is 78.9 Å². The largest absolute Gasteiger partial charge is 0.489 e. The molecule has 3 aromatic rings. The second-order valence-electron chi connectivity index (χ2n) is 6.45. The van der Waals surface area contributed by atoms with Crippen LogP contribution in [-0.4, -0.2) is 0 Å². The molecular formula is C24H26O. The summed E-state index contributed by atoms with van der Waals surface area (Å²) < 4.78 is 6.04. The summed E-state index contributed by atoms with van der Waals surface area (Å²) in [5.41, 5.74) is 5.28. The van der Waals surface area contributed by atoms with Crippen LogP contribution in [0, 0.1) is 0 Å². The lowest BCUT2D eigenvalue weighted by Crippen LogP contribution is -1.99. The Morgan fingerprint density at radius 3 is 1.92 bits per heavy atom. The van der Waals surface area contributed by atoms with Gasteiger partial charge < -0.3 is 4.74 Å². The molecule has 0 amide bonds. The lowest BCUT2D eigenvalue weighted by molar-refractivity contribution is 0.303. The molecule has 0 aliphatic rings. The summed E-state index contributed by atoms with van der Waals surface area (Å²) >= 11 is 0. The second kappa shape index (κ2) is 9.08. The van der Waals surface area contributed by atoms with E-state index in [0.717, 1.165) is 31.4 Å². The predicted molar refractivity (Wildman–Crippen MR) is 105 cm³/mol. The molecule has 0 saturated carbocycles. The summed E-state index contributed by atoms with van der Waals surface area (Å²) in [6, 6.07) is 27.8. The van der Waals surface area contributed by atoms with E-state index in [1.807, 2.05) is 6.07 Å². The maximum atomic E-state index is 6.04. The van der Waals surface area contributed by atoms with Gasteiger partial charge in [0.15, 0.2) is 0 Å². The molecule has 0 spiro atoms. The van der Waals surface area contributed by atoms with Gasteiger partial charge in [-0.1, -0.05) is 86.1 Å². The lowest BCUT2D eigenvalue weighted by atomic mass is 10.0. The highest BCUT2D eigenvalue weighted by Gasteiger charge is 2.03. The predicted octanol–water partition coefficient (Wildman–Crippen LogP) is 6.00. The van der Waals surface area contributed by atoms with Crippen LogP contribution in [0.1, 0.15) is 35.6 Å². The maximum Gasteiger partial charge on any atom is 0.122 e. The molecule has 0 N–H and O–H groups in total. The van der Waals surface area contributed by atoms with Crippen molar-refractivity contribution in [1.29, 1.82) is 0 Å². The van der Waals surface area contributed by atoms with Crippen LogP contribution in [0.3, 0.4) is 0 Å². The molecule has 0 radical (unpaired) electrons. The third-order valence-electron chi connectivity index (χ3n) is 4.45. The van der Waals surface area contributed by atoms with Crippen molar-refractivity contribution in [3.05, 3.63) is 101 Å². The van der Waals surface area contributed by atoms with E-state index in [9.17, 15) is 0 Å². The Labute approximate surface area is 151 Å². The number of para-hydroxylation sites is 1. The molecule has 128 valence electrons. The van der Waals surface area contributed by atoms with Gasteiger partial charge in [-0.25, -0.2) is 0 Å². The normalized spacial score (nSPS) is 10.6. The Bertz CT molecular complexity index is 760. The summed E-state index contributed by atoms with van der Waals surface area (Å²) in [6.07, 6.45) is 4.36. The van der Waals surface area contributed by atoms with Crippen molar-refractivity contribution in [1.82, 2.24) is 0 Å². The molecule has 1 nitrogen and oxygen atoms in total. The van der Waals surface area contributed by atoms with Crippen LogP contribution in [-0.2, 0) is 25.9 Å². The van der Waals surface area contributed by atoms with E-state index in [0.29, 0.717) is 6.61 Å². The smallest absolute Gasteiger partial charge is 0.122 e. The molecule has 0 atom stereocenters. The van der Waals surface area contributed by atoms with E-state index < -0.39 is 0 Å². The number of aryl methyl sites for hydroxylation is 3. The molecule has 3 rings (SSSR count). The van der Waals surface area contributed by atoms with Crippen LogP contribution in [0.2, 0.25) is 0 Å². The summed E-state index contributed by atoms with van der Waals surface area (Å²) in [5.74, 6) is 1.01. The fourth-order valence-electron chi connectivity index (χ4n) is 3.02. The van der Waals surface area contributed by atoms with E-state index in [-0.39, 0.29) is 0 Å². The molecule has 0 unspecified atom stereocenters. The SMILES string of the molecule is CCCc1ccccc1OCc1ccc(CCc2ccccc2)cc1. The first-order valence-corrected chi connectivity index (χ1v) is 9.17. The molecule has 0 heterocycles. The van der Waals surface area contributed by atoms with Gasteiger partial charge in [0.1, 0.15) is 12.4 Å². The summed E-state index contributed by atoms with van der Waals surface area (Å²) in [5, 5.41) is 0. The fraction of sp³-hybridized carbons (Fsp3) is 0.250. The molecule has 0 bridgehead atoms. The average Bonchev–Trinajstić information content (AvgIpc) is 2.68. The molecule has 25 heavy (non-hydrogen) atoms. The van der Waals surface area contributed by atoms with Gasteiger partial charge in [-0.05, 0) is 47.6 Å². The first kappa shape index (κ1) is 17.3. The van der Waals surface area contributed by atoms with Gasteiger partial charge in [0, 0.05) is 0 Å². The first-order chi connectivity index (χ1) is 12.3. The minimum absolute atomic E-state index is 0.625. The van der Waals surface area contributed by atoms with Crippen molar-refractivity contribution in [2.75, 3.05) is 0 Å². The highest BCUT2D eigenvalue weighted by molar-refractivity contribution is 5.34. The van der Waals surface area contributed by atoms with Crippen molar-refractivity contribution < 1.29 is 4.74 Å². The molecule has 0 aromatic heterocycles. The minimum Gasteiger partial charge on any atom is -0.489 e. The number of hydrogen-bond acceptors (Lipinski definition) is 1. The molecule has 0 aliphatic carbocycles. The van der Waals surface area contributed by atoms with Gasteiger partial charge in [0.05, 0.1) is 0 Å². The van der Waals surface area contributed by atoms with Gasteiger partial charge in [-0.2, -0.15) is 0 Å². The topological polar surface area (TPSA) is 9.23 Å². The van der Waals surface area contributed by atoms with Crippen LogP contribution < -0.4 is 4.74 Å². The summed E-state index contributed by atoms with van der Waals surface area (Å²) in [6.45, 7) is 2.82. The van der Waals surface area contributed by atoms with Gasteiger partial charge in [-0.3, -0.25) is 0 Å². The number of hydrogen-bond donors (Lipinski definition) is 0. The third-order valence-corrected chi connectivity index (χ3v) is 4.45. The number of rotatable bonds is 8. The van der Waals surface area contributed by atoms with E-state index in [1.165, 1.54) is 22.3 Å². The van der Waals surface area contributed by atoms with Gasteiger partial charge in [-0.15, -0.1) is 0 Å². The highest BCUT2D eigenvalue weighted by Crippen LogP contribution is 2.21. The lowest BCUT2D eigenvalue weighted by Gasteiger charge is -2.11. The zero-order valence-corrected chi connectivity index (χ0v) is 14.9. The minimum atomic E-state index is 0.625. The Morgan fingerprint density at radius 1 is 0.600 bits per heavy atom. The molecule has 3 aromatic carbocycles. The summed E-state index contributed by atoms with van der Waals surface area (Å²) in [7, 11) is 0. The van der Waals surface area contributed by atoms with Crippen LogP contribution in [0.25, 0.3) is 0 Å². The number of ether oxygens (including phenoxy) is 1. The van der Waals surface area contributed by atoms with Crippen molar-refractivity contribution in [3.63, 3.8) is 0 Å². The molecule has 0 aliphatic heterocycles. The monoisotopic (exact) mass is 330 g/mol. The zero-order chi connectivity index (χ0) is 17.3. The molecule has 1 heteroatoms. The standard InChI is InChI=1S/C24H26O/c1-2-8-23-11-6-7-12-24(23)25-19-22-17-15-21(16-18-22)14-13-20-9-4-3-5-10-20/h3-7,9-12,15-18H,2,8,13-14,19H2,1H3. The van der Waals surface area contributed by atoms with Crippen LogP contribution >= 0.6 is 0 Å². The van der Waals surface area contributed by atoms with Gasteiger partial charge in [0.2, 0.25) is 0 Å². The Hall–Kier alpha value is -2.54. The van der Waals surface area contributed by atoms with Crippen LogP contribution in [0.5, 0.6) is 5.75 Å². The van der Waals surface area contributed by atoms with E-state index in [2.05, 4.69) is 79.7 Å². The van der Waals surface area contributed by atoms with E-state index in [4.69, 9.17) is 4.74 Å². The quantitative estimate of drug-likeness (QED) is 0.492. The molecule has 0 fully saturated rings. The zero-order valence-electron chi connectivity index (χ0n) is 14.9. The first-order valence-electron chi connectivity index (χ1n) is 9.17. The summed E-state index contributed by atoms with van der Waals surface area (Å²) in [4.78, 5) is 0. The van der Waals surface area contributed by atoms with Gasteiger partial charge in [0.25, 0.3) is 0 Å². The van der Waals surface area contributed by atoms with E-state index in [1.54, 1.807) is 0 Å². The van der Waals surface area contributed by atoms with Crippen LogP contribution in [0.4, 0.5) is 0 Å². The average molecular weight is 330 g/mol. The van der Waals surface area contributed by atoms with Crippen molar-refractivity contribution >= 4 is 0 Å². The number of benzene rings is 3. The van der Waals surface area contributed by atoms with Crippen molar-refractivity contribution in [2.24, 2.45) is 0 Å². The van der Waals surface area contributed by atoms with Crippen molar-refractivity contribution in [2.45, 2.75) is 39.2 Å².